The molecule has 0 spiro atoms. The van der Waals surface area contributed by atoms with Crippen molar-refractivity contribution in [3.63, 3.8) is 0 Å². The third kappa shape index (κ3) is 5.45. The second-order valence-corrected chi connectivity index (χ2v) is 1.58. The van der Waals surface area contributed by atoms with Crippen LogP contribution in [0, 0.1) is 6.57 Å². The van der Waals surface area contributed by atoms with Crippen molar-refractivity contribution >= 4 is 0 Å². The maximum Gasteiger partial charge on any atom is 0.214 e. The van der Waals surface area contributed by atoms with E-state index in [0.717, 1.165) is 19.4 Å². The molecule has 0 radical (unpaired) electrons. The summed E-state index contributed by atoms with van der Waals surface area (Å²) in [5.41, 5.74) is 0. The third-order valence-electron chi connectivity index (χ3n) is 0.868. The van der Waals surface area contributed by atoms with Gasteiger partial charge in [-0.15, -0.1) is 0 Å². The van der Waals surface area contributed by atoms with Crippen LogP contribution in [0.4, 0.5) is 0 Å². The zero-order valence-corrected chi connectivity index (χ0v) is 5.18. The van der Waals surface area contributed by atoms with Crippen LogP contribution in [0.2, 0.25) is 0 Å². The second-order valence-electron chi connectivity index (χ2n) is 1.58. The summed E-state index contributed by atoms with van der Waals surface area (Å²) in [5.74, 6) is 0. The molecular weight excluding hydrogens is 102 g/mol. The molecule has 0 heterocycles. The van der Waals surface area contributed by atoms with E-state index >= 15 is 0 Å². The molecule has 0 atom stereocenters. The lowest BCUT2D eigenvalue weighted by atomic mass is 10.3. The maximum atomic E-state index is 6.42. The summed E-state index contributed by atoms with van der Waals surface area (Å²) < 4.78 is 4.79. The van der Waals surface area contributed by atoms with E-state index in [2.05, 4.69) is 4.85 Å². The van der Waals surface area contributed by atoms with Crippen molar-refractivity contribution < 1.29 is 4.74 Å². The minimum atomic E-state index is 0.642. The number of hydrogen-bond acceptors (Lipinski definition) is 1. The molecule has 0 N–H and O–H groups in total. The van der Waals surface area contributed by atoms with Gasteiger partial charge in [-0.2, -0.15) is 0 Å². The molecule has 2 nitrogen and oxygen atoms in total. The SMILES string of the molecule is [C-]#[N+]CCCCOC. The summed E-state index contributed by atoms with van der Waals surface area (Å²) in [6, 6.07) is 0. The fraction of sp³-hybridized carbons (Fsp3) is 0.833. The molecule has 0 aromatic heterocycles. The van der Waals surface area contributed by atoms with Crippen LogP contribution in [0.5, 0.6) is 0 Å². The van der Waals surface area contributed by atoms with Crippen molar-refractivity contribution in [3.05, 3.63) is 11.4 Å². The summed E-state index contributed by atoms with van der Waals surface area (Å²) in [6.07, 6.45) is 1.98. The Kier molecular flexibility index (Phi) is 6.01. The van der Waals surface area contributed by atoms with Crippen molar-refractivity contribution in [2.24, 2.45) is 0 Å². The molecule has 0 bridgehead atoms. The zero-order chi connectivity index (χ0) is 6.24. The Morgan fingerprint density at radius 3 is 2.75 bits per heavy atom. The van der Waals surface area contributed by atoms with Gasteiger partial charge in [-0.1, -0.05) is 0 Å². The Morgan fingerprint density at radius 2 is 2.25 bits per heavy atom. The fourth-order valence-corrected chi connectivity index (χ4v) is 0.437. The summed E-state index contributed by atoms with van der Waals surface area (Å²) in [5, 5.41) is 0. The van der Waals surface area contributed by atoms with E-state index in [4.69, 9.17) is 11.3 Å². The number of unbranched alkanes of at least 4 members (excludes halogenated alkanes) is 1. The Labute approximate surface area is 50.3 Å². The van der Waals surface area contributed by atoms with E-state index in [1.807, 2.05) is 0 Å². The minimum Gasteiger partial charge on any atom is -0.385 e. The van der Waals surface area contributed by atoms with Gasteiger partial charge in [-0.05, 0) is 6.42 Å². The first kappa shape index (κ1) is 7.45. The van der Waals surface area contributed by atoms with Crippen molar-refractivity contribution in [1.82, 2.24) is 0 Å². The normalized spacial score (nSPS) is 8.50. The third-order valence-corrected chi connectivity index (χ3v) is 0.868. The largest absolute Gasteiger partial charge is 0.385 e. The highest BCUT2D eigenvalue weighted by Crippen LogP contribution is 1.88. The number of hydrogen-bond donors (Lipinski definition) is 0. The molecule has 8 heavy (non-hydrogen) atoms. The van der Waals surface area contributed by atoms with E-state index in [1.165, 1.54) is 0 Å². The Morgan fingerprint density at radius 1 is 1.50 bits per heavy atom. The van der Waals surface area contributed by atoms with Gasteiger partial charge in [0.2, 0.25) is 6.54 Å². The topological polar surface area (TPSA) is 13.6 Å². The molecule has 0 unspecified atom stereocenters. The summed E-state index contributed by atoms with van der Waals surface area (Å²) in [4.78, 5) is 3.20. The number of methoxy groups -OCH3 is 1. The van der Waals surface area contributed by atoms with Crippen molar-refractivity contribution in [3.8, 4) is 0 Å². The van der Waals surface area contributed by atoms with E-state index in [-0.39, 0.29) is 0 Å². The molecule has 0 aromatic carbocycles. The highest BCUT2D eigenvalue weighted by Gasteiger charge is 1.86. The van der Waals surface area contributed by atoms with E-state index in [1.54, 1.807) is 7.11 Å². The Bertz CT molecular complexity index is 75.1. The monoisotopic (exact) mass is 113 g/mol. The average molecular weight is 113 g/mol. The first-order valence-electron chi connectivity index (χ1n) is 2.74. The standard InChI is InChI=1S/C6H11NO/c1-7-5-3-4-6-8-2/h3-6H2,2H3. The van der Waals surface area contributed by atoms with Gasteiger partial charge >= 0.3 is 0 Å². The second kappa shape index (κ2) is 6.45. The molecule has 0 saturated heterocycles. The van der Waals surface area contributed by atoms with Crippen LogP contribution in [-0.4, -0.2) is 20.3 Å². The van der Waals surface area contributed by atoms with Crippen molar-refractivity contribution in [1.29, 1.82) is 0 Å². The van der Waals surface area contributed by atoms with Gasteiger partial charge in [0.15, 0.2) is 0 Å². The van der Waals surface area contributed by atoms with E-state index in [9.17, 15) is 0 Å². The van der Waals surface area contributed by atoms with Crippen molar-refractivity contribution in [2.75, 3.05) is 20.3 Å². The number of nitrogens with zero attached hydrogens (tertiary/aromatic N) is 1. The molecule has 0 amide bonds. The average Bonchev–Trinajstić information content (AvgIpc) is 1.81. The number of rotatable bonds is 4. The molecular formula is C6H11NO. The predicted octanol–water partition coefficient (Wildman–Crippen LogP) is 1.33. The van der Waals surface area contributed by atoms with E-state index < -0.39 is 0 Å². The first-order chi connectivity index (χ1) is 3.91. The summed E-state index contributed by atoms with van der Waals surface area (Å²) in [6.45, 7) is 7.85. The van der Waals surface area contributed by atoms with Gasteiger partial charge in [0.25, 0.3) is 0 Å². The Hall–Kier alpha value is -0.550. The quantitative estimate of drug-likeness (QED) is 0.396. The van der Waals surface area contributed by atoms with Gasteiger partial charge in [0, 0.05) is 20.1 Å². The fourth-order valence-electron chi connectivity index (χ4n) is 0.437. The first-order valence-corrected chi connectivity index (χ1v) is 2.74. The predicted molar refractivity (Wildman–Crippen MR) is 32.6 cm³/mol. The van der Waals surface area contributed by atoms with Crippen LogP contribution in [0.15, 0.2) is 0 Å². The molecule has 2 heteroatoms. The van der Waals surface area contributed by atoms with Crippen LogP contribution in [-0.2, 0) is 4.74 Å². The molecule has 0 saturated carbocycles. The maximum absolute atomic E-state index is 6.42. The minimum absolute atomic E-state index is 0.642. The van der Waals surface area contributed by atoms with Gasteiger partial charge < -0.3 is 9.58 Å². The molecule has 0 aliphatic heterocycles. The van der Waals surface area contributed by atoms with Gasteiger partial charge in [0.05, 0.1) is 0 Å². The highest BCUT2D eigenvalue weighted by molar-refractivity contribution is 4.56. The van der Waals surface area contributed by atoms with Gasteiger partial charge in [0.1, 0.15) is 0 Å². The molecule has 0 aliphatic carbocycles. The van der Waals surface area contributed by atoms with Crippen LogP contribution < -0.4 is 0 Å². The zero-order valence-electron chi connectivity index (χ0n) is 5.18. The lowest BCUT2D eigenvalue weighted by Crippen LogP contribution is -1.88. The van der Waals surface area contributed by atoms with Crippen LogP contribution >= 0.6 is 0 Å². The molecule has 0 rings (SSSR count). The number of ether oxygens (including phenoxy) is 1. The smallest absolute Gasteiger partial charge is 0.214 e. The molecule has 0 aliphatic rings. The van der Waals surface area contributed by atoms with E-state index in [0.29, 0.717) is 6.54 Å². The summed E-state index contributed by atoms with van der Waals surface area (Å²) >= 11 is 0. The van der Waals surface area contributed by atoms with Crippen LogP contribution in [0.25, 0.3) is 4.85 Å². The molecule has 0 aromatic rings. The Balaban J connectivity index is 2.65. The van der Waals surface area contributed by atoms with Gasteiger partial charge in [-0.3, -0.25) is 0 Å². The van der Waals surface area contributed by atoms with Gasteiger partial charge in [-0.25, -0.2) is 6.57 Å². The van der Waals surface area contributed by atoms with Crippen molar-refractivity contribution in [2.45, 2.75) is 12.8 Å². The van der Waals surface area contributed by atoms with Crippen LogP contribution in [0.1, 0.15) is 12.8 Å². The lowest BCUT2D eigenvalue weighted by molar-refractivity contribution is 0.194. The lowest BCUT2D eigenvalue weighted by Gasteiger charge is -1.90. The highest BCUT2D eigenvalue weighted by atomic mass is 16.5. The molecule has 0 fully saturated rings. The molecule has 46 valence electrons. The summed E-state index contributed by atoms with van der Waals surface area (Å²) in [7, 11) is 1.68. The van der Waals surface area contributed by atoms with Crippen LogP contribution in [0.3, 0.4) is 0 Å².